The molecule has 27 heavy (non-hydrogen) atoms. The molecule has 0 radical (unpaired) electrons. The highest BCUT2D eigenvalue weighted by Crippen LogP contribution is 2.24. The number of amides is 1. The Labute approximate surface area is 153 Å². The van der Waals surface area contributed by atoms with Gasteiger partial charge in [-0.3, -0.25) is 19.9 Å². The van der Waals surface area contributed by atoms with Gasteiger partial charge in [-0.05, 0) is 25.1 Å². The second kappa shape index (κ2) is 7.20. The zero-order valence-corrected chi connectivity index (χ0v) is 14.6. The molecule has 136 valence electrons. The molecule has 0 atom stereocenters. The molecule has 0 spiro atoms. The third-order valence-corrected chi connectivity index (χ3v) is 3.92. The Morgan fingerprint density at radius 1 is 1.11 bits per heavy atom. The first kappa shape index (κ1) is 18.0. The van der Waals surface area contributed by atoms with E-state index in [0.717, 1.165) is 30.3 Å². The zero-order valence-electron chi connectivity index (χ0n) is 14.6. The van der Waals surface area contributed by atoms with Crippen molar-refractivity contribution in [2.24, 2.45) is 0 Å². The third-order valence-electron chi connectivity index (χ3n) is 3.92. The van der Waals surface area contributed by atoms with Gasteiger partial charge in [0.05, 0.1) is 28.8 Å². The number of rotatable bonds is 4. The van der Waals surface area contributed by atoms with Crippen molar-refractivity contribution in [2.45, 2.75) is 6.92 Å². The number of esters is 1. The van der Waals surface area contributed by atoms with Crippen LogP contribution in [0.1, 0.15) is 26.4 Å². The number of nitrogens with zero attached hydrogens (tertiary/aromatic N) is 2. The molecule has 3 rings (SSSR count). The van der Waals surface area contributed by atoms with Crippen LogP contribution in [-0.4, -0.2) is 28.9 Å². The van der Waals surface area contributed by atoms with Crippen LogP contribution in [-0.2, 0) is 4.74 Å². The van der Waals surface area contributed by atoms with Crippen LogP contribution in [0.15, 0.2) is 48.5 Å². The van der Waals surface area contributed by atoms with Crippen molar-refractivity contribution < 1.29 is 19.2 Å². The van der Waals surface area contributed by atoms with Gasteiger partial charge in [-0.2, -0.15) is 0 Å². The lowest BCUT2D eigenvalue weighted by atomic mass is 10.1. The molecule has 1 heterocycles. The molecule has 3 aromatic rings. The van der Waals surface area contributed by atoms with E-state index in [1.54, 1.807) is 12.1 Å². The smallest absolute Gasteiger partial charge is 0.338 e. The minimum Gasteiger partial charge on any atom is -0.465 e. The van der Waals surface area contributed by atoms with Crippen LogP contribution >= 0.6 is 0 Å². The van der Waals surface area contributed by atoms with Crippen LogP contribution < -0.4 is 5.32 Å². The minimum atomic E-state index is -0.768. The van der Waals surface area contributed by atoms with Gasteiger partial charge in [0.1, 0.15) is 0 Å². The van der Waals surface area contributed by atoms with Crippen molar-refractivity contribution in [2.75, 3.05) is 12.4 Å². The summed E-state index contributed by atoms with van der Waals surface area (Å²) in [5.41, 5.74) is 1.36. The summed E-state index contributed by atoms with van der Waals surface area (Å²) in [4.78, 5) is 39.3. The summed E-state index contributed by atoms with van der Waals surface area (Å²) in [6.45, 7) is 1.83. The standard InChI is InChI=1S/C19H15N3O5/c1-11-6-7-12-4-3-5-16(17(12)20-11)21-18(23)13-8-14(19(24)27-2)10-15(9-13)22(25)26/h3-10H,1-2H3,(H,21,23). The predicted molar refractivity (Wildman–Crippen MR) is 98.9 cm³/mol. The molecule has 0 saturated heterocycles. The van der Waals surface area contributed by atoms with Crippen LogP contribution in [0.4, 0.5) is 11.4 Å². The molecule has 2 aromatic carbocycles. The number of carbonyl (C=O) groups is 2. The molecule has 0 bridgehead atoms. The predicted octanol–water partition coefficient (Wildman–Crippen LogP) is 3.49. The van der Waals surface area contributed by atoms with Crippen molar-refractivity contribution in [3.05, 3.63) is 75.5 Å². The van der Waals surface area contributed by atoms with Crippen LogP contribution in [0.3, 0.4) is 0 Å². The number of para-hydroxylation sites is 1. The van der Waals surface area contributed by atoms with Crippen molar-refractivity contribution in [1.82, 2.24) is 4.98 Å². The summed E-state index contributed by atoms with van der Waals surface area (Å²) in [7, 11) is 1.16. The molecule has 0 unspecified atom stereocenters. The quantitative estimate of drug-likeness (QED) is 0.430. The fourth-order valence-electron chi connectivity index (χ4n) is 2.62. The van der Waals surface area contributed by atoms with E-state index in [-0.39, 0.29) is 16.8 Å². The Bertz CT molecular complexity index is 1080. The molecule has 0 saturated carbocycles. The Morgan fingerprint density at radius 2 is 1.85 bits per heavy atom. The van der Waals surface area contributed by atoms with Crippen LogP contribution in [0, 0.1) is 17.0 Å². The molecular formula is C19H15N3O5. The molecule has 0 aliphatic rings. The average Bonchev–Trinajstić information content (AvgIpc) is 2.67. The van der Waals surface area contributed by atoms with Gasteiger partial charge >= 0.3 is 5.97 Å². The van der Waals surface area contributed by atoms with Crippen LogP contribution in [0.25, 0.3) is 10.9 Å². The second-order valence-electron chi connectivity index (χ2n) is 5.80. The zero-order chi connectivity index (χ0) is 19.6. The van der Waals surface area contributed by atoms with Crippen LogP contribution in [0.2, 0.25) is 0 Å². The van der Waals surface area contributed by atoms with E-state index in [4.69, 9.17) is 0 Å². The minimum absolute atomic E-state index is 0.0331. The summed E-state index contributed by atoms with van der Waals surface area (Å²) in [6, 6.07) is 12.5. The number of nitrogens with one attached hydrogen (secondary N) is 1. The maximum Gasteiger partial charge on any atom is 0.338 e. The second-order valence-corrected chi connectivity index (χ2v) is 5.80. The molecule has 0 aliphatic heterocycles. The van der Waals surface area contributed by atoms with Gasteiger partial charge in [-0.15, -0.1) is 0 Å². The number of aromatic nitrogens is 1. The van der Waals surface area contributed by atoms with Gasteiger partial charge in [0.25, 0.3) is 11.6 Å². The lowest BCUT2D eigenvalue weighted by Crippen LogP contribution is -2.14. The summed E-state index contributed by atoms with van der Waals surface area (Å²) >= 11 is 0. The number of nitro groups is 1. The van der Waals surface area contributed by atoms with E-state index in [9.17, 15) is 19.7 Å². The van der Waals surface area contributed by atoms with Gasteiger partial charge in [0, 0.05) is 28.8 Å². The normalized spacial score (nSPS) is 10.4. The van der Waals surface area contributed by atoms with Crippen LogP contribution in [0.5, 0.6) is 0 Å². The Morgan fingerprint density at radius 3 is 2.56 bits per heavy atom. The number of hydrogen-bond acceptors (Lipinski definition) is 6. The number of carbonyl (C=O) groups excluding carboxylic acids is 2. The molecular weight excluding hydrogens is 350 g/mol. The maximum absolute atomic E-state index is 12.7. The summed E-state index contributed by atoms with van der Waals surface area (Å²) in [5.74, 6) is -1.37. The number of fused-ring (bicyclic) bond motifs is 1. The average molecular weight is 365 g/mol. The third kappa shape index (κ3) is 3.74. The number of methoxy groups -OCH3 is 1. The number of benzene rings is 2. The Kier molecular flexibility index (Phi) is 4.80. The fraction of sp³-hybridized carbons (Fsp3) is 0.105. The molecule has 1 aromatic heterocycles. The molecule has 1 N–H and O–H groups in total. The lowest BCUT2D eigenvalue weighted by Gasteiger charge is -2.09. The fourth-order valence-corrected chi connectivity index (χ4v) is 2.62. The molecule has 8 nitrogen and oxygen atoms in total. The largest absolute Gasteiger partial charge is 0.465 e. The number of hydrogen-bond donors (Lipinski definition) is 1. The first-order chi connectivity index (χ1) is 12.9. The van der Waals surface area contributed by atoms with Crippen molar-refractivity contribution in [1.29, 1.82) is 0 Å². The van der Waals surface area contributed by atoms with E-state index in [2.05, 4.69) is 15.0 Å². The number of ether oxygens (including phenoxy) is 1. The van der Waals surface area contributed by atoms with Crippen molar-refractivity contribution in [3.63, 3.8) is 0 Å². The number of pyridine rings is 1. The van der Waals surface area contributed by atoms with Gasteiger partial charge in [-0.25, -0.2) is 4.79 Å². The van der Waals surface area contributed by atoms with Gasteiger partial charge in [0.2, 0.25) is 0 Å². The molecule has 0 fully saturated rings. The van der Waals surface area contributed by atoms with Gasteiger partial charge < -0.3 is 10.1 Å². The number of non-ortho nitro benzene ring substituents is 1. The molecule has 1 amide bonds. The first-order valence-electron chi connectivity index (χ1n) is 7.94. The number of anilines is 1. The first-order valence-corrected chi connectivity index (χ1v) is 7.94. The SMILES string of the molecule is COC(=O)c1cc(C(=O)Nc2cccc3ccc(C)nc23)cc([N+](=O)[O-])c1. The Balaban J connectivity index is 2.02. The number of nitro benzene ring substituents is 1. The summed E-state index contributed by atoms with van der Waals surface area (Å²) in [5, 5.41) is 14.7. The summed E-state index contributed by atoms with van der Waals surface area (Å²) < 4.78 is 4.59. The maximum atomic E-state index is 12.7. The van der Waals surface area contributed by atoms with E-state index in [1.165, 1.54) is 6.07 Å². The van der Waals surface area contributed by atoms with Gasteiger partial charge in [-0.1, -0.05) is 18.2 Å². The highest BCUT2D eigenvalue weighted by Gasteiger charge is 2.19. The Hall–Kier alpha value is -3.81. The molecule has 8 heteroatoms. The van der Waals surface area contributed by atoms with E-state index >= 15 is 0 Å². The lowest BCUT2D eigenvalue weighted by molar-refractivity contribution is -0.384. The highest BCUT2D eigenvalue weighted by molar-refractivity contribution is 6.09. The number of aryl methyl sites for hydroxylation is 1. The van der Waals surface area contributed by atoms with E-state index < -0.39 is 16.8 Å². The van der Waals surface area contributed by atoms with E-state index in [1.807, 2.05) is 25.1 Å². The molecule has 0 aliphatic carbocycles. The van der Waals surface area contributed by atoms with Crippen molar-refractivity contribution >= 4 is 34.2 Å². The summed E-state index contributed by atoms with van der Waals surface area (Å²) in [6.07, 6.45) is 0. The van der Waals surface area contributed by atoms with Crippen molar-refractivity contribution in [3.8, 4) is 0 Å². The van der Waals surface area contributed by atoms with Gasteiger partial charge in [0.15, 0.2) is 0 Å². The van der Waals surface area contributed by atoms with E-state index in [0.29, 0.717) is 11.2 Å². The highest BCUT2D eigenvalue weighted by atomic mass is 16.6. The topological polar surface area (TPSA) is 111 Å². The monoisotopic (exact) mass is 365 g/mol.